The monoisotopic (exact) mass is 272 g/mol. The molecule has 1 nitrogen and oxygen atoms in total. The Hall–Kier alpha value is -1.42. The standard InChI is InChI=1S/C19H28O/c1-7-9-10-14(3)17(6)18-12-16(5)19(13-15(18)4)20-11-8-2/h12-14,17H,7-8,11H2,1-6H3. The molecule has 0 radical (unpaired) electrons. The van der Waals surface area contributed by atoms with Gasteiger partial charge in [-0.3, -0.25) is 0 Å². The van der Waals surface area contributed by atoms with Crippen LogP contribution >= 0.6 is 0 Å². The summed E-state index contributed by atoms with van der Waals surface area (Å²) >= 11 is 0. The predicted molar refractivity (Wildman–Crippen MR) is 87.3 cm³/mol. The molecule has 0 spiro atoms. The van der Waals surface area contributed by atoms with E-state index in [1.54, 1.807) is 0 Å². The largest absolute Gasteiger partial charge is 0.493 e. The number of hydrogen-bond donors (Lipinski definition) is 0. The highest BCUT2D eigenvalue weighted by Crippen LogP contribution is 2.31. The van der Waals surface area contributed by atoms with Crippen molar-refractivity contribution in [2.75, 3.05) is 6.61 Å². The Labute approximate surface area is 124 Å². The summed E-state index contributed by atoms with van der Waals surface area (Å²) in [7, 11) is 0. The van der Waals surface area contributed by atoms with E-state index in [0.717, 1.165) is 25.2 Å². The molecule has 0 bridgehead atoms. The van der Waals surface area contributed by atoms with Gasteiger partial charge in [0, 0.05) is 12.3 Å². The third-order valence-corrected chi connectivity index (χ3v) is 3.77. The molecular weight excluding hydrogens is 244 g/mol. The zero-order valence-electron chi connectivity index (χ0n) is 13.8. The number of rotatable bonds is 5. The average Bonchev–Trinajstić information content (AvgIpc) is 2.44. The maximum Gasteiger partial charge on any atom is 0.122 e. The van der Waals surface area contributed by atoms with Gasteiger partial charge >= 0.3 is 0 Å². The van der Waals surface area contributed by atoms with Crippen LogP contribution in [0.2, 0.25) is 0 Å². The van der Waals surface area contributed by atoms with Crippen molar-refractivity contribution >= 4 is 0 Å². The summed E-state index contributed by atoms with van der Waals surface area (Å²) in [5, 5.41) is 0. The fraction of sp³-hybridized carbons (Fsp3) is 0.579. The molecule has 0 fully saturated rings. The summed E-state index contributed by atoms with van der Waals surface area (Å²) < 4.78 is 5.80. The van der Waals surface area contributed by atoms with Crippen molar-refractivity contribution in [3.8, 4) is 17.6 Å². The summed E-state index contributed by atoms with van der Waals surface area (Å²) in [6.07, 6.45) is 1.97. The van der Waals surface area contributed by atoms with E-state index in [1.807, 2.05) is 0 Å². The SMILES string of the molecule is CCC#CC(C)C(C)c1cc(C)c(OCCC)cc1C. The first-order valence-electron chi connectivity index (χ1n) is 7.73. The molecule has 1 aromatic rings. The predicted octanol–water partition coefficient (Wildman–Crippen LogP) is 5.25. The minimum absolute atomic E-state index is 0.385. The fourth-order valence-electron chi connectivity index (χ4n) is 2.33. The maximum absolute atomic E-state index is 5.80. The highest BCUT2D eigenvalue weighted by molar-refractivity contribution is 5.43. The molecule has 2 unspecified atom stereocenters. The first-order valence-corrected chi connectivity index (χ1v) is 7.73. The molecule has 0 heterocycles. The molecule has 1 aromatic carbocycles. The summed E-state index contributed by atoms with van der Waals surface area (Å²) in [5.41, 5.74) is 3.92. The van der Waals surface area contributed by atoms with Crippen LogP contribution in [-0.4, -0.2) is 6.61 Å². The van der Waals surface area contributed by atoms with Gasteiger partial charge in [0.15, 0.2) is 0 Å². The quantitative estimate of drug-likeness (QED) is 0.666. The normalized spacial score (nSPS) is 13.3. The van der Waals surface area contributed by atoms with Gasteiger partial charge in [-0.1, -0.05) is 39.7 Å². The molecule has 0 aliphatic carbocycles. The number of ether oxygens (including phenoxy) is 1. The van der Waals surface area contributed by atoms with Gasteiger partial charge in [0.05, 0.1) is 6.61 Å². The zero-order chi connectivity index (χ0) is 15.1. The molecule has 0 N–H and O–H groups in total. The second-order valence-corrected chi connectivity index (χ2v) is 5.57. The van der Waals surface area contributed by atoms with Crippen LogP contribution in [0.4, 0.5) is 0 Å². The van der Waals surface area contributed by atoms with Crippen molar-refractivity contribution in [3.63, 3.8) is 0 Å². The zero-order valence-corrected chi connectivity index (χ0v) is 13.8. The third-order valence-electron chi connectivity index (χ3n) is 3.77. The third kappa shape index (κ3) is 4.30. The molecule has 0 aliphatic rings. The van der Waals surface area contributed by atoms with Crippen molar-refractivity contribution < 1.29 is 4.74 Å². The Morgan fingerprint density at radius 3 is 2.40 bits per heavy atom. The van der Waals surface area contributed by atoms with Crippen LogP contribution in [0.25, 0.3) is 0 Å². The molecular formula is C19H28O. The highest BCUT2D eigenvalue weighted by atomic mass is 16.5. The molecule has 20 heavy (non-hydrogen) atoms. The van der Waals surface area contributed by atoms with Crippen molar-refractivity contribution in [1.29, 1.82) is 0 Å². The Kier molecular flexibility index (Phi) is 6.65. The van der Waals surface area contributed by atoms with E-state index in [0.29, 0.717) is 11.8 Å². The van der Waals surface area contributed by atoms with Gasteiger partial charge in [-0.2, -0.15) is 0 Å². The molecule has 110 valence electrons. The summed E-state index contributed by atoms with van der Waals surface area (Å²) in [5.74, 6) is 8.40. The number of aryl methyl sites for hydroxylation is 2. The van der Waals surface area contributed by atoms with Gasteiger partial charge in [-0.25, -0.2) is 0 Å². The van der Waals surface area contributed by atoms with Gasteiger partial charge in [0.1, 0.15) is 5.75 Å². The summed E-state index contributed by atoms with van der Waals surface area (Å²) in [6.45, 7) is 13.8. The van der Waals surface area contributed by atoms with E-state index < -0.39 is 0 Å². The smallest absolute Gasteiger partial charge is 0.122 e. The second-order valence-electron chi connectivity index (χ2n) is 5.57. The minimum Gasteiger partial charge on any atom is -0.493 e. The van der Waals surface area contributed by atoms with Gasteiger partial charge in [-0.15, -0.1) is 5.92 Å². The van der Waals surface area contributed by atoms with Crippen molar-refractivity contribution in [2.24, 2.45) is 5.92 Å². The lowest BCUT2D eigenvalue weighted by Crippen LogP contribution is -2.07. The topological polar surface area (TPSA) is 9.23 Å². The Morgan fingerprint density at radius 2 is 1.80 bits per heavy atom. The summed E-state index contributed by atoms with van der Waals surface area (Å²) in [4.78, 5) is 0. The molecule has 0 aromatic heterocycles. The molecule has 1 rings (SSSR count). The Bertz CT molecular complexity index is 490. The maximum atomic E-state index is 5.80. The molecule has 0 aliphatic heterocycles. The van der Waals surface area contributed by atoms with Crippen LogP contribution in [0.5, 0.6) is 5.75 Å². The fourth-order valence-corrected chi connectivity index (χ4v) is 2.33. The first kappa shape index (κ1) is 16.6. The van der Waals surface area contributed by atoms with Crippen LogP contribution < -0.4 is 4.74 Å². The first-order chi connectivity index (χ1) is 9.51. The van der Waals surface area contributed by atoms with E-state index >= 15 is 0 Å². The lowest BCUT2D eigenvalue weighted by Gasteiger charge is -2.20. The molecule has 0 saturated carbocycles. The molecule has 0 amide bonds. The number of hydrogen-bond acceptors (Lipinski definition) is 1. The van der Waals surface area contributed by atoms with Crippen LogP contribution in [0, 0.1) is 31.6 Å². The van der Waals surface area contributed by atoms with Crippen LogP contribution in [0.15, 0.2) is 12.1 Å². The van der Waals surface area contributed by atoms with Gasteiger partial charge in [0.2, 0.25) is 0 Å². The summed E-state index contributed by atoms with van der Waals surface area (Å²) in [6, 6.07) is 4.45. The second kappa shape index (κ2) is 8.00. The van der Waals surface area contributed by atoms with Gasteiger partial charge in [0.25, 0.3) is 0 Å². The van der Waals surface area contributed by atoms with Crippen molar-refractivity contribution in [2.45, 2.75) is 60.3 Å². The Balaban J connectivity index is 2.99. The van der Waals surface area contributed by atoms with Crippen molar-refractivity contribution in [1.82, 2.24) is 0 Å². The number of benzene rings is 1. The van der Waals surface area contributed by atoms with Crippen molar-refractivity contribution in [3.05, 3.63) is 28.8 Å². The molecule has 0 saturated heterocycles. The van der Waals surface area contributed by atoms with E-state index in [9.17, 15) is 0 Å². The minimum atomic E-state index is 0.385. The Morgan fingerprint density at radius 1 is 1.10 bits per heavy atom. The molecule has 2 atom stereocenters. The van der Waals surface area contributed by atoms with E-state index in [2.05, 4.69) is 65.5 Å². The van der Waals surface area contributed by atoms with E-state index in [1.165, 1.54) is 16.7 Å². The molecule has 1 heteroatoms. The van der Waals surface area contributed by atoms with E-state index in [4.69, 9.17) is 4.74 Å². The highest BCUT2D eigenvalue weighted by Gasteiger charge is 2.16. The lowest BCUT2D eigenvalue weighted by molar-refractivity contribution is 0.315. The van der Waals surface area contributed by atoms with Crippen LogP contribution in [-0.2, 0) is 0 Å². The van der Waals surface area contributed by atoms with Gasteiger partial charge < -0.3 is 4.74 Å². The van der Waals surface area contributed by atoms with Crippen LogP contribution in [0.1, 0.15) is 63.1 Å². The van der Waals surface area contributed by atoms with E-state index in [-0.39, 0.29) is 0 Å². The van der Waals surface area contributed by atoms with Gasteiger partial charge in [-0.05, 0) is 48.9 Å². The lowest BCUT2D eigenvalue weighted by atomic mass is 9.85. The van der Waals surface area contributed by atoms with Crippen LogP contribution in [0.3, 0.4) is 0 Å². The average molecular weight is 272 g/mol.